The molecule has 4 N–H and O–H groups in total. The molecule has 0 heterocycles. The van der Waals surface area contributed by atoms with Gasteiger partial charge in [0.05, 0.1) is 10.6 Å². The van der Waals surface area contributed by atoms with Crippen molar-refractivity contribution in [2.75, 3.05) is 10.6 Å². The van der Waals surface area contributed by atoms with E-state index in [4.69, 9.17) is 36.0 Å². The molecule has 2 aromatic rings. The maximum absolute atomic E-state index is 12.3. The lowest BCUT2D eigenvalue weighted by Crippen LogP contribution is -2.34. The minimum Gasteiger partial charge on any atom is -0.332 e. The van der Waals surface area contributed by atoms with Crippen LogP contribution in [0.25, 0.3) is 0 Å². The fourth-order valence-corrected chi connectivity index (χ4v) is 2.91. The highest BCUT2D eigenvalue weighted by atomic mass is 35.5. The summed E-state index contributed by atoms with van der Waals surface area (Å²) >= 11 is 16.3. The molecule has 0 aliphatic heterocycles. The zero-order chi connectivity index (χ0) is 20.7. The Balaban J connectivity index is 1.91. The van der Waals surface area contributed by atoms with Crippen LogP contribution in [0.2, 0.25) is 5.02 Å². The van der Waals surface area contributed by atoms with Crippen LogP contribution in [-0.4, -0.2) is 22.0 Å². The number of carbonyl (C=O) groups excluding carboxylic acids is 2. The highest BCUT2D eigenvalue weighted by Crippen LogP contribution is 2.18. The maximum atomic E-state index is 12.3. The van der Waals surface area contributed by atoms with Gasteiger partial charge in [-0.2, -0.15) is 0 Å². The first-order chi connectivity index (χ1) is 13.3. The number of thiocarbonyl (C=S) groups is 2. The first-order valence-corrected chi connectivity index (χ1v) is 9.57. The number of rotatable bonds is 4. The minimum absolute atomic E-state index is 0.146. The molecule has 28 heavy (non-hydrogen) atoms. The van der Waals surface area contributed by atoms with Gasteiger partial charge in [0, 0.05) is 17.8 Å². The van der Waals surface area contributed by atoms with E-state index in [2.05, 4.69) is 21.3 Å². The Labute approximate surface area is 179 Å². The molecule has 0 radical (unpaired) electrons. The monoisotopic (exact) mass is 434 g/mol. The van der Waals surface area contributed by atoms with E-state index in [1.54, 1.807) is 49.4 Å². The normalized spacial score (nSPS) is 9.96. The Hall–Kier alpha value is -2.55. The minimum atomic E-state index is -0.391. The summed E-state index contributed by atoms with van der Waals surface area (Å²) in [4.78, 5) is 23.6. The van der Waals surface area contributed by atoms with Gasteiger partial charge in [-0.1, -0.05) is 24.6 Å². The van der Waals surface area contributed by atoms with E-state index in [0.29, 0.717) is 28.4 Å². The molecule has 0 fully saturated rings. The van der Waals surface area contributed by atoms with Crippen molar-refractivity contribution in [2.24, 2.45) is 0 Å². The van der Waals surface area contributed by atoms with Gasteiger partial charge in [0.2, 0.25) is 5.91 Å². The predicted octanol–water partition coefficient (Wildman–Crippen LogP) is 4.00. The summed E-state index contributed by atoms with van der Waals surface area (Å²) in [5.41, 5.74) is 2.69. The second-order valence-corrected chi connectivity index (χ2v) is 7.05. The van der Waals surface area contributed by atoms with Crippen LogP contribution < -0.4 is 21.3 Å². The molecule has 0 bridgehead atoms. The average molecular weight is 435 g/mol. The average Bonchev–Trinajstić information content (AvgIpc) is 2.62. The van der Waals surface area contributed by atoms with E-state index >= 15 is 0 Å². The number of halogens is 1. The molecule has 0 aromatic heterocycles. The quantitative estimate of drug-likeness (QED) is 0.544. The van der Waals surface area contributed by atoms with Crippen LogP contribution in [0.5, 0.6) is 0 Å². The molecule has 0 saturated heterocycles. The molecular weight excluding hydrogens is 416 g/mol. The molecule has 0 aliphatic rings. The fraction of sp³-hybridized carbons (Fsp3) is 0.158. The van der Waals surface area contributed by atoms with Gasteiger partial charge in [0.15, 0.2) is 10.2 Å². The van der Waals surface area contributed by atoms with E-state index < -0.39 is 5.91 Å². The molecule has 0 aliphatic carbocycles. The molecule has 0 spiro atoms. The van der Waals surface area contributed by atoms with E-state index in [1.807, 2.05) is 6.92 Å². The first-order valence-electron chi connectivity index (χ1n) is 8.38. The zero-order valence-electron chi connectivity index (χ0n) is 15.3. The fourth-order valence-electron chi connectivity index (χ4n) is 2.15. The molecular formula is C19H19ClN4O2S2. The van der Waals surface area contributed by atoms with Crippen LogP contribution in [-0.2, 0) is 4.79 Å². The number of anilines is 2. The largest absolute Gasteiger partial charge is 0.332 e. The van der Waals surface area contributed by atoms with Gasteiger partial charge < -0.3 is 16.0 Å². The topological polar surface area (TPSA) is 82.3 Å². The Morgan fingerprint density at radius 3 is 1.96 bits per heavy atom. The number of hydrogen-bond donors (Lipinski definition) is 4. The van der Waals surface area contributed by atoms with E-state index in [0.717, 1.165) is 5.56 Å². The molecule has 2 rings (SSSR count). The summed E-state index contributed by atoms with van der Waals surface area (Å²) in [6.07, 6.45) is 0.349. The molecule has 2 amide bonds. The van der Waals surface area contributed by atoms with Gasteiger partial charge in [-0.25, -0.2) is 0 Å². The summed E-state index contributed by atoms with van der Waals surface area (Å²) in [5.74, 6) is -0.552. The summed E-state index contributed by atoms with van der Waals surface area (Å²) in [6.45, 7) is 3.63. The Kier molecular flexibility index (Phi) is 7.86. The Bertz CT molecular complexity index is 917. The van der Waals surface area contributed by atoms with Crippen molar-refractivity contribution in [3.63, 3.8) is 0 Å². The standard InChI is InChI=1S/C19H19ClN4O2S2/c1-3-16(25)23-18(27)21-12-5-7-13(8-6-12)22-19(28)24-17(26)14-9-4-11(2)10-15(14)20/h4-10H,3H2,1-2H3,(H2,21,23,25,27)(H2,22,24,26,28). The number of benzene rings is 2. The van der Waals surface area contributed by atoms with Crippen LogP contribution >= 0.6 is 36.0 Å². The summed E-state index contributed by atoms with van der Waals surface area (Å²) < 4.78 is 0. The number of carbonyl (C=O) groups is 2. The van der Waals surface area contributed by atoms with E-state index in [1.165, 1.54) is 0 Å². The molecule has 0 saturated carbocycles. The molecule has 0 atom stereocenters. The van der Waals surface area contributed by atoms with Crippen LogP contribution in [0.4, 0.5) is 11.4 Å². The predicted molar refractivity (Wildman–Crippen MR) is 121 cm³/mol. The summed E-state index contributed by atoms with van der Waals surface area (Å²) in [7, 11) is 0. The second kappa shape index (κ2) is 10.1. The van der Waals surface area contributed by atoms with E-state index in [-0.39, 0.29) is 16.1 Å². The third kappa shape index (κ3) is 6.56. The highest BCUT2D eigenvalue weighted by molar-refractivity contribution is 7.80. The third-order valence-corrected chi connectivity index (χ3v) is 4.29. The SMILES string of the molecule is CCC(=O)NC(=S)Nc1ccc(NC(=S)NC(=O)c2ccc(C)cc2Cl)cc1. The summed E-state index contributed by atoms with van der Waals surface area (Å²) in [5, 5.41) is 11.7. The lowest BCUT2D eigenvalue weighted by Gasteiger charge is -2.12. The van der Waals surface area contributed by atoms with Gasteiger partial charge in [-0.05, 0) is 73.3 Å². The van der Waals surface area contributed by atoms with Crippen LogP contribution in [0.3, 0.4) is 0 Å². The summed E-state index contributed by atoms with van der Waals surface area (Å²) in [6, 6.07) is 12.2. The second-order valence-electron chi connectivity index (χ2n) is 5.82. The van der Waals surface area contributed by atoms with Gasteiger partial charge in [-0.15, -0.1) is 0 Å². The number of hydrogen-bond acceptors (Lipinski definition) is 4. The molecule has 146 valence electrons. The lowest BCUT2D eigenvalue weighted by molar-refractivity contribution is -0.119. The van der Waals surface area contributed by atoms with Gasteiger partial charge in [-0.3, -0.25) is 14.9 Å². The van der Waals surface area contributed by atoms with Crippen molar-refractivity contribution in [1.29, 1.82) is 0 Å². The van der Waals surface area contributed by atoms with Crippen LogP contribution in [0.15, 0.2) is 42.5 Å². The van der Waals surface area contributed by atoms with Crippen molar-refractivity contribution >= 4 is 69.5 Å². The van der Waals surface area contributed by atoms with Crippen LogP contribution in [0.1, 0.15) is 29.3 Å². The van der Waals surface area contributed by atoms with Gasteiger partial charge in [0.1, 0.15) is 0 Å². The van der Waals surface area contributed by atoms with Crippen molar-refractivity contribution in [1.82, 2.24) is 10.6 Å². The Morgan fingerprint density at radius 2 is 1.46 bits per heavy atom. The highest BCUT2D eigenvalue weighted by Gasteiger charge is 2.12. The maximum Gasteiger partial charge on any atom is 0.258 e. The van der Waals surface area contributed by atoms with E-state index in [9.17, 15) is 9.59 Å². The van der Waals surface area contributed by atoms with Crippen molar-refractivity contribution in [3.05, 3.63) is 58.6 Å². The number of aryl methyl sites for hydroxylation is 1. The number of nitrogens with one attached hydrogen (secondary N) is 4. The third-order valence-electron chi connectivity index (χ3n) is 3.57. The lowest BCUT2D eigenvalue weighted by atomic mass is 10.1. The van der Waals surface area contributed by atoms with Gasteiger partial charge >= 0.3 is 0 Å². The molecule has 6 nitrogen and oxygen atoms in total. The van der Waals surface area contributed by atoms with Crippen molar-refractivity contribution in [3.8, 4) is 0 Å². The smallest absolute Gasteiger partial charge is 0.258 e. The Morgan fingerprint density at radius 1 is 0.929 bits per heavy atom. The van der Waals surface area contributed by atoms with Crippen molar-refractivity contribution < 1.29 is 9.59 Å². The van der Waals surface area contributed by atoms with Gasteiger partial charge in [0.25, 0.3) is 5.91 Å². The molecule has 0 unspecified atom stereocenters. The molecule has 2 aromatic carbocycles. The first kappa shape index (κ1) is 21.7. The zero-order valence-corrected chi connectivity index (χ0v) is 17.6. The van der Waals surface area contributed by atoms with Crippen LogP contribution in [0, 0.1) is 6.92 Å². The van der Waals surface area contributed by atoms with Crippen molar-refractivity contribution in [2.45, 2.75) is 20.3 Å². The number of amides is 2. The molecule has 9 heteroatoms.